The molecule has 43 heavy (non-hydrogen) atoms. The average molecular weight is 602 g/mol. The van der Waals surface area contributed by atoms with Gasteiger partial charge in [-0.1, -0.05) is 110 Å². The van der Waals surface area contributed by atoms with Gasteiger partial charge in [0.15, 0.2) is 0 Å². The summed E-state index contributed by atoms with van der Waals surface area (Å²) in [4.78, 5) is 0.196. The van der Waals surface area contributed by atoms with Gasteiger partial charge in [0.25, 0.3) is 0 Å². The van der Waals surface area contributed by atoms with Gasteiger partial charge in [-0.15, -0.1) is 0 Å². The van der Waals surface area contributed by atoms with E-state index in [1.807, 2.05) is 110 Å². The number of rotatable bonds is 14. The summed E-state index contributed by atoms with van der Waals surface area (Å²) < 4.78 is 55.3. The van der Waals surface area contributed by atoms with Crippen LogP contribution in [0.5, 0.6) is 0 Å². The van der Waals surface area contributed by atoms with E-state index in [1.54, 1.807) is 12.1 Å². The number of aryl methyl sites for hydroxylation is 1. The van der Waals surface area contributed by atoms with E-state index in [2.05, 4.69) is 4.72 Å². The van der Waals surface area contributed by atoms with E-state index in [0.29, 0.717) is 13.2 Å². The molecule has 0 amide bonds. The average Bonchev–Trinajstić information content (AvgIpc) is 3.05. The Hall–Kier alpha value is -3.37. The summed E-state index contributed by atoms with van der Waals surface area (Å²) in [6, 6.07) is 35.8. The monoisotopic (exact) mass is 601 g/mol. The van der Waals surface area contributed by atoms with E-state index in [0.717, 1.165) is 28.7 Å². The van der Waals surface area contributed by atoms with Crippen molar-refractivity contribution in [1.82, 2.24) is 4.72 Å². The van der Waals surface area contributed by atoms with Crippen molar-refractivity contribution < 1.29 is 27.4 Å². The lowest BCUT2D eigenvalue weighted by Crippen LogP contribution is -2.61. The highest BCUT2D eigenvalue weighted by Crippen LogP contribution is 2.26. The molecule has 0 spiro atoms. The van der Waals surface area contributed by atoms with Gasteiger partial charge in [0, 0.05) is 0 Å². The van der Waals surface area contributed by atoms with Crippen LogP contribution in [0.1, 0.15) is 29.2 Å². The first kappa shape index (κ1) is 31.1. The van der Waals surface area contributed by atoms with Gasteiger partial charge in [-0.2, -0.15) is 0 Å². The Balaban J connectivity index is 1.38. The fourth-order valence-corrected chi connectivity index (χ4v) is 6.32. The molecular formula is C35H39NO6S. The molecule has 1 aliphatic rings. The van der Waals surface area contributed by atoms with Gasteiger partial charge in [0.05, 0.1) is 44.0 Å². The summed E-state index contributed by atoms with van der Waals surface area (Å²) in [5.41, 5.74) is 4.09. The standard InChI is InChI=1S/C35H39NO6S/c1-2-27-18-20-31(21-19-27)43(37,38)36-32-25-40-33(26-39-22-28-12-6-3-7-13-28)35(42-24-30-16-10-5-11-17-30)34(32)41-23-29-14-8-4-9-15-29/h3-21,32-36H,2,22-26H2,1H3/t32-,33+,34+,35-/m0/s1. The van der Waals surface area contributed by atoms with E-state index in [1.165, 1.54) is 0 Å². The lowest BCUT2D eigenvalue weighted by Gasteiger charge is -2.42. The molecule has 226 valence electrons. The zero-order valence-electron chi connectivity index (χ0n) is 24.4. The fraction of sp³-hybridized carbons (Fsp3) is 0.314. The van der Waals surface area contributed by atoms with Gasteiger partial charge in [-0.05, 0) is 40.8 Å². The van der Waals surface area contributed by atoms with Crippen molar-refractivity contribution in [2.24, 2.45) is 0 Å². The van der Waals surface area contributed by atoms with Gasteiger partial charge in [-0.3, -0.25) is 0 Å². The van der Waals surface area contributed by atoms with Crippen molar-refractivity contribution in [3.05, 3.63) is 138 Å². The van der Waals surface area contributed by atoms with E-state index >= 15 is 0 Å². The first-order valence-corrected chi connectivity index (χ1v) is 16.2. The molecule has 1 fully saturated rings. The van der Waals surface area contributed by atoms with Crippen LogP contribution in [0.3, 0.4) is 0 Å². The summed E-state index contributed by atoms with van der Waals surface area (Å²) in [7, 11) is -3.86. The quantitative estimate of drug-likeness (QED) is 0.200. The van der Waals surface area contributed by atoms with Crippen LogP contribution < -0.4 is 4.72 Å². The highest BCUT2D eigenvalue weighted by molar-refractivity contribution is 7.89. The third kappa shape index (κ3) is 8.83. The lowest BCUT2D eigenvalue weighted by atomic mass is 9.98. The molecule has 0 radical (unpaired) electrons. The summed E-state index contributed by atoms with van der Waals surface area (Å²) in [6.45, 7) is 3.43. The predicted octanol–water partition coefficient (Wildman–Crippen LogP) is 5.68. The van der Waals surface area contributed by atoms with Crippen LogP contribution in [0, 0.1) is 0 Å². The summed E-state index contributed by atoms with van der Waals surface area (Å²) in [5, 5.41) is 0. The number of sulfonamides is 1. The molecule has 4 aromatic carbocycles. The zero-order valence-corrected chi connectivity index (χ0v) is 25.2. The molecule has 0 bridgehead atoms. The Bertz CT molecular complexity index is 1480. The third-order valence-corrected chi connectivity index (χ3v) is 9.00. The molecule has 0 saturated carbocycles. The van der Waals surface area contributed by atoms with Crippen molar-refractivity contribution in [2.45, 2.75) is 62.4 Å². The number of benzene rings is 4. The number of ether oxygens (including phenoxy) is 4. The van der Waals surface area contributed by atoms with Crippen LogP contribution in [-0.2, 0) is 55.2 Å². The predicted molar refractivity (Wildman–Crippen MR) is 166 cm³/mol. The molecule has 4 atom stereocenters. The zero-order chi connectivity index (χ0) is 29.9. The van der Waals surface area contributed by atoms with Crippen LogP contribution in [0.25, 0.3) is 0 Å². The maximum Gasteiger partial charge on any atom is 0.240 e. The molecule has 0 aromatic heterocycles. The van der Waals surface area contributed by atoms with E-state index in [4.69, 9.17) is 18.9 Å². The third-order valence-electron chi connectivity index (χ3n) is 7.49. The number of hydrogen-bond donors (Lipinski definition) is 1. The second-order valence-electron chi connectivity index (χ2n) is 10.6. The molecule has 1 saturated heterocycles. The summed E-state index contributed by atoms with van der Waals surface area (Å²) in [5.74, 6) is 0. The molecule has 1 N–H and O–H groups in total. The second kappa shape index (κ2) is 15.4. The Kier molecular flexibility index (Phi) is 11.1. The van der Waals surface area contributed by atoms with Gasteiger partial charge < -0.3 is 18.9 Å². The minimum atomic E-state index is -3.86. The van der Waals surface area contributed by atoms with Crippen molar-refractivity contribution in [3.8, 4) is 0 Å². The van der Waals surface area contributed by atoms with Crippen LogP contribution in [-0.4, -0.2) is 46.0 Å². The molecule has 5 rings (SSSR count). The van der Waals surface area contributed by atoms with Crippen LogP contribution in [0.4, 0.5) is 0 Å². The molecule has 7 nitrogen and oxygen atoms in total. The highest BCUT2D eigenvalue weighted by Gasteiger charge is 2.44. The highest BCUT2D eigenvalue weighted by atomic mass is 32.2. The molecular weight excluding hydrogens is 562 g/mol. The SMILES string of the molecule is CCc1ccc(S(=O)(=O)N[C@H]2CO[C@H](COCc3ccccc3)[C@H](OCc3ccccc3)[C@@H]2OCc2ccccc2)cc1. The second-order valence-corrected chi connectivity index (χ2v) is 12.3. The van der Waals surface area contributed by atoms with Crippen LogP contribution in [0.15, 0.2) is 120 Å². The molecule has 1 aliphatic heterocycles. The van der Waals surface area contributed by atoms with E-state index in [-0.39, 0.29) is 24.7 Å². The Morgan fingerprint density at radius 1 is 0.674 bits per heavy atom. The van der Waals surface area contributed by atoms with Crippen molar-refractivity contribution >= 4 is 10.0 Å². The van der Waals surface area contributed by atoms with Gasteiger partial charge in [0.1, 0.15) is 18.3 Å². The first-order chi connectivity index (χ1) is 21.0. The lowest BCUT2D eigenvalue weighted by molar-refractivity contribution is -0.206. The minimum absolute atomic E-state index is 0.107. The van der Waals surface area contributed by atoms with Crippen molar-refractivity contribution in [1.29, 1.82) is 0 Å². The van der Waals surface area contributed by atoms with Gasteiger partial charge in [0.2, 0.25) is 10.0 Å². The van der Waals surface area contributed by atoms with Crippen molar-refractivity contribution in [2.75, 3.05) is 13.2 Å². The summed E-state index contributed by atoms with van der Waals surface area (Å²) in [6.07, 6.45) is -0.901. The maximum absolute atomic E-state index is 13.5. The first-order valence-electron chi connectivity index (χ1n) is 14.7. The van der Waals surface area contributed by atoms with Crippen molar-refractivity contribution in [3.63, 3.8) is 0 Å². The Morgan fingerprint density at radius 2 is 1.19 bits per heavy atom. The van der Waals surface area contributed by atoms with Crippen LogP contribution in [0.2, 0.25) is 0 Å². The number of hydrogen-bond acceptors (Lipinski definition) is 6. The minimum Gasteiger partial charge on any atom is -0.374 e. The largest absolute Gasteiger partial charge is 0.374 e. The molecule has 8 heteroatoms. The molecule has 1 heterocycles. The fourth-order valence-electron chi connectivity index (χ4n) is 5.09. The Labute approximate surface area is 254 Å². The van der Waals surface area contributed by atoms with E-state index < -0.39 is 34.4 Å². The molecule has 4 aromatic rings. The number of nitrogens with one attached hydrogen (secondary N) is 1. The smallest absolute Gasteiger partial charge is 0.240 e. The van der Waals surface area contributed by atoms with Gasteiger partial charge in [-0.25, -0.2) is 13.1 Å². The van der Waals surface area contributed by atoms with Crippen LogP contribution >= 0.6 is 0 Å². The normalized spacial score (nSPS) is 20.6. The maximum atomic E-state index is 13.5. The Morgan fingerprint density at radius 3 is 1.72 bits per heavy atom. The molecule has 0 unspecified atom stereocenters. The van der Waals surface area contributed by atoms with E-state index in [9.17, 15) is 8.42 Å². The molecule has 0 aliphatic carbocycles. The summed E-state index contributed by atoms with van der Waals surface area (Å²) >= 11 is 0. The van der Waals surface area contributed by atoms with Gasteiger partial charge >= 0.3 is 0 Å². The topological polar surface area (TPSA) is 83.1 Å².